The summed E-state index contributed by atoms with van der Waals surface area (Å²) in [5, 5.41) is 0.764. The van der Waals surface area contributed by atoms with Crippen LogP contribution in [0.1, 0.15) is 16.1 Å². The zero-order valence-corrected chi connectivity index (χ0v) is 11.3. The van der Waals surface area contributed by atoms with Gasteiger partial charge in [0.15, 0.2) is 6.29 Å². The van der Waals surface area contributed by atoms with Crippen LogP contribution in [0.4, 0.5) is 13.2 Å². The number of carbonyl (C=O) groups excluding carboxylic acids is 1. The van der Waals surface area contributed by atoms with Crippen LogP contribution < -0.4 is 0 Å². The number of aldehydes is 1. The molecule has 1 aromatic heterocycles. The minimum atomic E-state index is -4.40. The van der Waals surface area contributed by atoms with Gasteiger partial charge in [-0.05, 0) is 23.8 Å². The predicted molar refractivity (Wildman–Crippen MR) is 77.6 cm³/mol. The monoisotopic (exact) mass is 301 g/mol. The molecule has 2 nitrogen and oxygen atoms in total. The largest absolute Gasteiger partial charge is 0.416 e. The van der Waals surface area contributed by atoms with E-state index in [0.717, 1.165) is 17.5 Å². The lowest BCUT2D eigenvalue weighted by Gasteiger charge is -2.10. The number of para-hydroxylation sites is 1. The van der Waals surface area contributed by atoms with Crippen molar-refractivity contribution in [3.63, 3.8) is 0 Å². The molecule has 2 aromatic carbocycles. The van der Waals surface area contributed by atoms with Crippen LogP contribution in [0.15, 0.2) is 54.6 Å². The first-order valence-corrected chi connectivity index (χ1v) is 6.51. The second kappa shape index (κ2) is 5.26. The van der Waals surface area contributed by atoms with Crippen molar-refractivity contribution in [2.24, 2.45) is 0 Å². The Morgan fingerprint density at radius 2 is 1.73 bits per heavy atom. The maximum atomic E-state index is 12.9. The highest BCUT2D eigenvalue weighted by Gasteiger charge is 2.30. The maximum Gasteiger partial charge on any atom is 0.416 e. The van der Waals surface area contributed by atoms with Gasteiger partial charge in [0.25, 0.3) is 0 Å². The summed E-state index contributed by atoms with van der Waals surface area (Å²) in [6.07, 6.45) is -3.79. The summed E-state index contributed by atoms with van der Waals surface area (Å²) in [6, 6.07) is 13.6. The summed E-state index contributed by atoms with van der Waals surface area (Å²) < 4.78 is 38.6. The van der Waals surface area contributed by atoms with Gasteiger partial charge in [0.1, 0.15) is 5.69 Å². The molecule has 3 aromatic rings. The Morgan fingerprint density at radius 3 is 2.45 bits per heavy atom. The lowest BCUT2D eigenvalue weighted by Crippen LogP contribution is -2.04. The molecule has 0 saturated heterocycles. The van der Waals surface area contributed by atoms with E-state index in [2.05, 4.69) is 4.98 Å². The maximum absolute atomic E-state index is 12.9. The Kier molecular flexibility index (Phi) is 3.41. The highest BCUT2D eigenvalue weighted by molar-refractivity contribution is 5.95. The third-order valence-corrected chi connectivity index (χ3v) is 3.36. The number of halogens is 3. The number of rotatable bonds is 2. The van der Waals surface area contributed by atoms with Crippen molar-refractivity contribution in [3.8, 4) is 11.1 Å². The Morgan fingerprint density at radius 1 is 0.955 bits per heavy atom. The van der Waals surface area contributed by atoms with Crippen LogP contribution in [0, 0.1) is 0 Å². The number of benzene rings is 2. The number of carbonyl (C=O) groups is 1. The summed E-state index contributed by atoms with van der Waals surface area (Å²) in [4.78, 5) is 15.1. The number of aromatic nitrogens is 1. The van der Waals surface area contributed by atoms with E-state index in [1.54, 1.807) is 36.4 Å². The molecular formula is C17H10F3NO. The molecule has 5 heteroatoms. The molecule has 3 rings (SSSR count). The minimum Gasteiger partial charge on any atom is -0.296 e. The fourth-order valence-corrected chi connectivity index (χ4v) is 2.32. The van der Waals surface area contributed by atoms with Crippen molar-refractivity contribution < 1.29 is 18.0 Å². The second-order valence-corrected chi connectivity index (χ2v) is 4.81. The fourth-order valence-electron chi connectivity index (χ4n) is 2.32. The lowest BCUT2D eigenvalue weighted by molar-refractivity contribution is -0.137. The van der Waals surface area contributed by atoms with Crippen molar-refractivity contribution in [3.05, 3.63) is 65.9 Å². The topological polar surface area (TPSA) is 30.0 Å². The molecule has 0 aliphatic rings. The van der Waals surface area contributed by atoms with Gasteiger partial charge in [-0.1, -0.05) is 36.4 Å². The van der Waals surface area contributed by atoms with E-state index in [-0.39, 0.29) is 5.69 Å². The van der Waals surface area contributed by atoms with Crippen LogP contribution >= 0.6 is 0 Å². The number of pyridine rings is 1. The van der Waals surface area contributed by atoms with Crippen molar-refractivity contribution in [1.29, 1.82) is 0 Å². The first-order chi connectivity index (χ1) is 10.5. The van der Waals surface area contributed by atoms with Gasteiger partial charge in [0.2, 0.25) is 0 Å². The molecule has 110 valence electrons. The molecule has 0 unspecified atom stereocenters. The molecule has 0 N–H and O–H groups in total. The van der Waals surface area contributed by atoms with Gasteiger partial charge in [-0.25, -0.2) is 4.98 Å². The Labute approximate surface area is 124 Å². The van der Waals surface area contributed by atoms with Crippen LogP contribution in [0.5, 0.6) is 0 Å². The lowest BCUT2D eigenvalue weighted by atomic mass is 10.00. The molecule has 22 heavy (non-hydrogen) atoms. The second-order valence-electron chi connectivity index (χ2n) is 4.81. The van der Waals surface area contributed by atoms with Gasteiger partial charge >= 0.3 is 6.18 Å². The van der Waals surface area contributed by atoms with Crippen LogP contribution in [0.25, 0.3) is 22.0 Å². The standard InChI is InChI=1S/C17H10F3NO/c18-17(19,20)13-5-1-4-12(9-13)15-6-2-3-11-7-8-14(10-22)21-16(11)15/h1-10H. The van der Waals surface area contributed by atoms with Crippen LogP contribution in [-0.2, 0) is 6.18 Å². The molecule has 0 atom stereocenters. The Balaban J connectivity index is 2.24. The van der Waals surface area contributed by atoms with E-state index in [1.165, 1.54) is 6.07 Å². The number of hydrogen-bond acceptors (Lipinski definition) is 2. The molecule has 0 amide bonds. The van der Waals surface area contributed by atoms with Crippen molar-refractivity contribution in [2.45, 2.75) is 6.18 Å². The van der Waals surface area contributed by atoms with E-state index in [4.69, 9.17) is 0 Å². The molecule has 0 aliphatic carbocycles. The van der Waals surface area contributed by atoms with Crippen LogP contribution in [-0.4, -0.2) is 11.3 Å². The van der Waals surface area contributed by atoms with Crippen LogP contribution in [0.2, 0.25) is 0 Å². The summed E-state index contributed by atoms with van der Waals surface area (Å²) >= 11 is 0. The highest BCUT2D eigenvalue weighted by atomic mass is 19.4. The van der Waals surface area contributed by atoms with Crippen molar-refractivity contribution >= 4 is 17.2 Å². The fraction of sp³-hybridized carbons (Fsp3) is 0.0588. The zero-order chi connectivity index (χ0) is 15.7. The van der Waals surface area contributed by atoms with E-state index in [1.807, 2.05) is 0 Å². The van der Waals surface area contributed by atoms with Crippen LogP contribution in [0.3, 0.4) is 0 Å². The average Bonchev–Trinajstić information content (AvgIpc) is 2.53. The number of fused-ring (bicyclic) bond motifs is 1. The third-order valence-electron chi connectivity index (χ3n) is 3.36. The first-order valence-electron chi connectivity index (χ1n) is 6.51. The van der Waals surface area contributed by atoms with Gasteiger partial charge in [-0.15, -0.1) is 0 Å². The summed E-state index contributed by atoms with van der Waals surface area (Å²) in [5.41, 5.74) is 1.01. The molecule has 0 spiro atoms. The van der Waals surface area contributed by atoms with Gasteiger partial charge in [-0.3, -0.25) is 4.79 Å². The van der Waals surface area contributed by atoms with E-state index in [0.29, 0.717) is 22.9 Å². The van der Waals surface area contributed by atoms with E-state index < -0.39 is 11.7 Å². The summed E-state index contributed by atoms with van der Waals surface area (Å²) in [6.45, 7) is 0. The quantitative estimate of drug-likeness (QED) is 0.640. The number of hydrogen-bond donors (Lipinski definition) is 0. The van der Waals surface area contributed by atoms with Gasteiger partial charge in [0, 0.05) is 10.9 Å². The van der Waals surface area contributed by atoms with E-state index in [9.17, 15) is 18.0 Å². The van der Waals surface area contributed by atoms with Gasteiger partial charge in [-0.2, -0.15) is 13.2 Å². The Hall–Kier alpha value is -2.69. The smallest absolute Gasteiger partial charge is 0.296 e. The normalized spacial score (nSPS) is 11.6. The summed E-state index contributed by atoms with van der Waals surface area (Å²) in [7, 11) is 0. The molecule has 1 heterocycles. The highest BCUT2D eigenvalue weighted by Crippen LogP contribution is 2.34. The molecule has 0 radical (unpaired) electrons. The molecular weight excluding hydrogens is 291 g/mol. The van der Waals surface area contributed by atoms with Gasteiger partial charge in [0.05, 0.1) is 11.1 Å². The molecule has 0 bridgehead atoms. The van der Waals surface area contributed by atoms with E-state index >= 15 is 0 Å². The Bertz CT molecular complexity index is 856. The first kappa shape index (κ1) is 14.3. The third kappa shape index (κ3) is 2.57. The summed E-state index contributed by atoms with van der Waals surface area (Å²) in [5.74, 6) is 0. The minimum absolute atomic E-state index is 0.243. The molecule has 0 saturated carbocycles. The van der Waals surface area contributed by atoms with Gasteiger partial charge < -0.3 is 0 Å². The molecule has 0 fully saturated rings. The predicted octanol–water partition coefficient (Wildman–Crippen LogP) is 4.73. The van der Waals surface area contributed by atoms with Crippen molar-refractivity contribution in [2.75, 3.05) is 0 Å². The zero-order valence-electron chi connectivity index (χ0n) is 11.3. The molecule has 0 aliphatic heterocycles. The number of alkyl halides is 3. The SMILES string of the molecule is O=Cc1ccc2cccc(-c3cccc(C(F)(F)F)c3)c2n1. The van der Waals surface area contributed by atoms with Crippen molar-refractivity contribution in [1.82, 2.24) is 4.98 Å². The number of nitrogens with zero attached hydrogens (tertiary/aromatic N) is 1. The average molecular weight is 301 g/mol.